The smallest absolute Gasteiger partial charge is 0.206 e. The van der Waals surface area contributed by atoms with Crippen molar-refractivity contribution in [2.24, 2.45) is 0 Å². The molecule has 2 heterocycles. The second-order valence-electron chi connectivity index (χ2n) is 2.57. The molecule has 0 N–H and O–H groups in total. The summed E-state index contributed by atoms with van der Waals surface area (Å²) in [7, 11) is 0. The van der Waals surface area contributed by atoms with Crippen molar-refractivity contribution >= 4 is 11.3 Å². The number of aromatic nitrogens is 2. The van der Waals surface area contributed by atoms with E-state index in [1.807, 2.05) is 6.07 Å². The minimum absolute atomic E-state index is 0.267. The van der Waals surface area contributed by atoms with E-state index in [2.05, 4.69) is 9.97 Å². The fourth-order valence-corrected chi connectivity index (χ4v) is 1.71. The van der Waals surface area contributed by atoms with Crippen LogP contribution in [0.25, 0.3) is 11.4 Å². The van der Waals surface area contributed by atoms with Gasteiger partial charge in [-0.2, -0.15) is 4.39 Å². The number of thiazole rings is 1. The molecule has 4 heteroatoms. The van der Waals surface area contributed by atoms with E-state index in [9.17, 15) is 4.39 Å². The van der Waals surface area contributed by atoms with Gasteiger partial charge in [0, 0.05) is 6.20 Å². The third kappa shape index (κ3) is 1.58. The highest BCUT2D eigenvalue weighted by atomic mass is 32.1. The molecule has 0 aliphatic carbocycles. The van der Waals surface area contributed by atoms with Crippen LogP contribution in [0.5, 0.6) is 0 Å². The lowest BCUT2D eigenvalue weighted by atomic mass is 10.3. The lowest BCUT2D eigenvalue weighted by Crippen LogP contribution is -1.84. The van der Waals surface area contributed by atoms with Crippen LogP contribution < -0.4 is 0 Å². The number of pyridine rings is 1. The van der Waals surface area contributed by atoms with Crippen LogP contribution in [0.4, 0.5) is 4.39 Å². The number of nitrogens with zero attached hydrogens (tertiary/aromatic N) is 2. The molecular weight excluding hydrogens is 187 g/mol. The van der Waals surface area contributed by atoms with E-state index in [1.165, 1.54) is 0 Å². The summed E-state index contributed by atoms with van der Waals surface area (Å²) in [4.78, 5) is 8.09. The Balaban J connectivity index is 2.53. The second kappa shape index (κ2) is 3.22. The zero-order chi connectivity index (χ0) is 9.26. The molecule has 0 unspecified atom stereocenters. The van der Waals surface area contributed by atoms with Crippen LogP contribution in [0.2, 0.25) is 0 Å². The Hall–Kier alpha value is -1.29. The van der Waals surface area contributed by atoms with E-state index in [1.54, 1.807) is 25.3 Å². The molecule has 13 heavy (non-hydrogen) atoms. The SMILES string of the molecule is Cc1nc(-c2ccccn2)c(F)s1. The van der Waals surface area contributed by atoms with Crippen molar-refractivity contribution in [3.8, 4) is 11.4 Å². The Kier molecular flexibility index (Phi) is 2.06. The molecule has 2 aromatic rings. The highest BCUT2D eigenvalue weighted by molar-refractivity contribution is 7.10. The standard InChI is InChI=1S/C9H7FN2S/c1-6-12-8(9(10)13-6)7-4-2-3-5-11-7/h2-5H,1H3. The Morgan fingerprint density at radius 3 is 2.77 bits per heavy atom. The zero-order valence-corrected chi connectivity index (χ0v) is 7.81. The van der Waals surface area contributed by atoms with Crippen LogP contribution in [0.3, 0.4) is 0 Å². The van der Waals surface area contributed by atoms with Gasteiger partial charge in [-0.25, -0.2) is 4.98 Å². The minimum atomic E-state index is -0.267. The van der Waals surface area contributed by atoms with Crippen molar-refractivity contribution in [1.29, 1.82) is 0 Å². The third-order valence-corrected chi connectivity index (χ3v) is 2.36. The first-order valence-corrected chi connectivity index (χ1v) is 4.63. The van der Waals surface area contributed by atoms with Crippen LogP contribution in [0.1, 0.15) is 5.01 Å². The molecule has 0 aliphatic heterocycles. The maximum absolute atomic E-state index is 13.2. The summed E-state index contributed by atoms with van der Waals surface area (Å²) in [5, 5.41) is 0.453. The lowest BCUT2D eigenvalue weighted by Gasteiger charge is -1.93. The molecule has 66 valence electrons. The summed E-state index contributed by atoms with van der Waals surface area (Å²) in [5.41, 5.74) is 0.937. The van der Waals surface area contributed by atoms with Gasteiger partial charge in [-0.15, -0.1) is 0 Å². The van der Waals surface area contributed by atoms with Gasteiger partial charge in [0.05, 0.1) is 10.7 Å². The van der Waals surface area contributed by atoms with E-state index in [0.717, 1.165) is 16.3 Å². The molecule has 0 spiro atoms. The molecule has 2 aromatic heterocycles. The van der Waals surface area contributed by atoms with Crippen molar-refractivity contribution < 1.29 is 4.39 Å². The van der Waals surface area contributed by atoms with E-state index in [4.69, 9.17) is 0 Å². The number of hydrogen-bond acceptors (Lipinski definition) is 3. The summed E-state index contributed by atoms with van der Waals surface area (Å²) >= 11 is 1.05. The molecule has 0 saturated carbocycles. The summed E-state index contributed by atoms with van der Waals surface area (Å²) in [5.74, 6) is 0. The average molecular weight is 194 g/mol. The third-order valence-electron chi connectivity index (χ3n) is 1.60. The molecule has 0 aromatic carbocycles. The first-order valence-electron chi connectivity index (χ1n) is 3.81. The number of halogens is 1. The monoisotopic (exact) mass is 194 g/mol. The fraction of sp³-hybridized carbons (Fsp3) is 0.111. The van der Waals surface area contributed by atoms with Gasteiger partial charge in [-0.3, -0.25) is 4.98 Å². The summed E-state index contributed by atoms with van der Waals surface area (Å²) in [6, 6.07) is 5.36. The first kappa shape index (κ1) is 8.31. The predicted octanol–water partition coefficient (Wildman–Crippen LogP) is 2.65. The van der Waals surface area contributed by atoms with Crippen LogP contribution in [-0.4, -0.2) is 9.97 Å². The lowest BCUT2D eigenvalue weighted by molar-refractivity contribution is 0.656. The molecule has 0 bridgehead atoms. The van der Waals surface area contributed by atoms with Crippen LogP contribution in [0, 0.1) is 12.1 Å². The highest BCUT2D eigenvalue weighted by Gasteiger charge is 2.10. The molecule has 0 radical (unpaired) electrons. The second-order valence-corrected chi connectivity index (χ2v) is 3.72. The van der Waals surface area contributed by atoms with E-state index < -0.39 is 0 Å². The van der Waals surface area contributed by atoms with Gasteiger partial charge in [0.1, 0.15) is 5.69 Å². The van der Waals surface area contributed by atoms with Crippen molar-refractivity contribution in [3.63, 3.8) is 0 Å². The number of hydrogen-bond donors (Lipinski definition) is 0. The molecule has 2 nitrogen and oxygen atoms in total. The Morgan fingerprint density at radius 1 is 1.38 bits per heavy atom. The van der Waals surface area contributed by atoms with Gasteiger partial charge in [0.15, 0.2) is 0 Å². The van der Waals surface area contributed by atoms with E-state index in [0.29, 0.717) is 11.4 Å². The molecule has 0 saturated heterocycles. The minimum Gasteiger partial charge on any atom is -0.254 e. The fourth-order valence-electron chi connectivity index (χ4n) is 1.06. The first-order chi connectivity index (χ1) is 6.27. The highest BCUT2D eigenvalue weighted by Crippen LogP contribution is 2.23. The van der Waals surface area contributed by atoms with Gasteiger partial charge in [-0.05, 0) is 19.1 Å². The normalized spacial score (nSPS) is 10.3. The Labute approximate surface area is 79.1 Å². The molecular formula is C9H7FN2S. The number of rotatable bonds is 1. The van der Waals surface area contributed by atoms with Crippen LogP contribution in [0.15, 0.2) is 24.4 Å². The summed E-state index contributed by atoms with van der Waals surface area (Å²) in [6.07, 6.45) is 1.63. The maximum atomic E-state index is 13.2. The summed E-state index contributed by atoms with van der Waals surface area (Å²) in [6.45, 7) is 1.78. The topological polar surface area (TPSA) is 25.8 Å². The van der Waals surface area contributed by atoms with Crippen LogP contribution >= 0.6 is 11.3 Å². The Bertz CT molecular complexity index is 411. The van der Waals surface area contributed by atoms with Gasteiger partial charge in [0.25, 0.3) is 0 Å². The van der Waals surface area contributed by atoms with Crippen molar-refractivity contribution in [1.82, 2.24) is 9.97 Å². The quantitative estimate of drug-likeness (QED) is 0.697. The van der Waals surface area contributed by atoms with Gasteiger partial charge < -0.3 is 0 Å². The van der Waals surface area contributed by atoms with Gasteiger partial charge in [0.2, 0.25) is 5.13 Å². The van der Waals surface area contributed by atoms with E-state index in [-0.39, 0.29) is 5.13 Å². The van der Waals surface area contributed by atoms with Gasteiger partial charge >= 0.3 is 0 Å². The predicted molar refractivity (Wildman–Crippen MR) is 50.0 cm³/mol. The summed E-state index contributed by atoms with van der Waals surface area (Å²) < 4.78 is 13.2. The molecule has 0 amide bonds. The largest absolute Gasteiger partial charge is 0.254 e. The maximum Gasteiger partial charge on any atom is 0.206 e. The van der Waals surface area contributed by atoms with Crippen LogP contribution in [-0.2, 0) is 0 Å². The average Bonchev–Trinajstić information content (AvgIpc) is 2.47. The van der Waals surface area contributed by atoms with E-state index >= 15 is 0 Å². The molecule has 0 aliphatic rings. The van der Waals surface area contributed by atoms with Crippen molar-refractivity contribution in [3.05, 3.63) is 34.5 Å². The molecule has 0 atom stereocenters. The number of aryl methyl sites for hydroxylation is 1. The molecule has 2 rings (SSSR count). The zero-order valence-electron chi connectivity index (χ0n) is 6.99. The Morgan fingerprint density at radius 2 is 2.23 bits per heavy atom. The van der Waals surface area contributed by atoms with Crippen molar-refractivity contribution in [2.45, 2.75) is 6.92 Å². The molecule has 0 fully saturated rings. The van der Waals surface area contributed by atoms with Crippen molar-refractivity contribution in [2.75, 3.05) is 0 Å². The van der Waals surface area contributed by atoms with Gasteiger partial charge in [-0.1, -0.05) is 17.4 Å².